The zero-order valence-electron chi connectivity index (χ0n) is 25.2. The van der Waals surface area contributed by atoms with Gasteiger partial charge < -0.3 is 20.5 Å². The maximum atomic E-state index is 14.7. The van der Waals surface area contributed by atoms with E-state index in [2.05, 4.69) is 45.7 Å². The van der Waals surface area contributed by atoms with Crippen molar-refractivity contribution in [1.82, 2.24) is 35.0 Å². The van der Waals surface area contributed by atoms with Crippen LogP contribution in [-0.2, 0) is 4.79 Å². The van der Waals surface area contributed by atoms with Crippen molar-refractivity contribution < 1.29 is 9.18 Å². The van der Waals surface area contributed by atoms with Crippen molar-refractivity contribution in [2.24, 2.45) is 5.92 Å². The van der Waals surface area contributed by atoms with Crippen molar-refractivity contribution >= 4 is 39.2 Å². The number of hydrogen-bond acceptors (Lipinski definition) is 7. The Bertz CT molecular complexity index is 2010. The van der Waals surface area contributed by atoms with Gasteiger partial charge in [-0.2, -0.15) is 5.10 Å². The van der Waals surface area contributed by atoms with E-state index in [0.29, 0.717) is 40.5 Å². The number of likely N-dealkylation sites (N-methyl/N-ethyl adjacent to an activating group) is 1. The molecule has 0 spiro atoms. The monoisotopic (exact) mass is 603 g/mol. The minimum absolute atomic E-state index is 0.0554. The van der Waals surface area contributed by atoms with Gasteiger partial charge in [0.25, 0.3) is 0 Å². The van der Waals surface area contributed by atoms with Gasteiger partial charge in [0.05, 0.1) is 23.3 Å². The van der Waals surface area contributed by atoms with Crippen LogP contribution in [0.3, 0.4) is 0 Å². The first-order chi connectivity index (χ1) is 21.9. The van der Waals surface area contributed by atoms with Crippen LogP contribution in [0, 0.1) is 11.7 Å². The third-order valence-corrected chi connectivity index (χ3v) is 8.34. The summed E-state index contributed by atoms with van der Waals surface area (Å²) in [6.07, 6.45) is 11.0. The molecule has 10 nitrogen and oxygen atoms in total. The summed E-state index contributed by atoms with van der Waals surface area (Å²) in [7, 11) is 4.00. The minimum Gasteiger partial charge on any atom is -0.384 e. The molecule has 1 amide bonds. The Hall–Kier alpha value is -5.16. The Morgan fingerprint density at radius 2 is 1.76 bits per heavy atom. The van der Waals surface area contributed by atoms with Crippen molar-refractivity contribution in [3.05, 3.63) is 73.1 Å². The minimum atomic E-state index is -0.331. The van der Waals surface area contributed by atoms with Gasteiger partial charge in [-0.15, -0.1) is 0 Å². The topological polar surface area (TPSA) is 128 Å². The number of rotatable bonds is 9. The van der Waals surface area contributed by atoms with E-state index in [9.17, 15) is 9.18 Å². The molecule has 6 aromatic rings. The first kappa shape index (κ1) is 28.6. The molecular formula is C34H34FN9O. The number of aromatic amines is 2. The number of carbonyl (C=O) groups excluding carboxylic acids is 1. The van der Waals surface area contributed by atoms with E-state index in [1.807, 2.05) is 44.4 Å². The van der Waals surface area contributed by atoms with Crippen LogP contribution < -0.4 is 10.6 Å². The molecule has 1 fully saturated rings. The number of carbonyl (C=O) groups is 1. The molecule has 0 radical (unpaired) electrons. The highest BCUT2D eigenvalue weighted by Gasteiger charge is 2.23. The second kappa shape index (κ2) is 12.1. The highest BCUT2D eigenvalue weighted by Crippen LogP contribution is 2.35. The Labute approximate surface area is 259 Å². The fourth-order valence-corrected chi connectivity index (χ4v) is 6.03. The Kier molecular flexibility index (Phi) is 7.68. The van der Waals surface area contributed by atoms with Gasteiger partial charge in [-0.05, 0) is 69.4 Å². The molecule has 1 aliphatic rings. The number of halogens is 1. The number of amides is 1. The molecular weight excluding hydrogens is 569 g/mol. The summed E-state index contributed by atoms with van der Waals surface area (Å²) >= 11 is 0. The average Bonchev–Trinajstić information content (AvgIpc) is 3.80. The third kappa shape index (κ3) is 5.99. The lowest BCUT2D eigenvalue weighted by atomic mass is 10.1. The molecule has 1 saturated carbocycles. The van der Waals surface area contributed by atoms with Crippen LogP contribution in [0.25, 0.3) is 55.7 Å². The summed E-state index contributed by atoms with van der Waals surface area (Å²) in [5, 5.41) is 15.6. The third-order valence-electron chi connectivity index (χ3n) is 8.34. The highest BCUT2D eigenvalue weighted by molar-refractivity contribution is 6.00. The molecule has 0 unspecified atom stereocenters. The van der Waals surface area contributed by atoms with Gasteiger partial charge in [0, 0.05) is 76.3 Å². The standard InChI is InChI=1S/C34H34FN9O/c1-44(2)10-9-37-25-12-21(11-24(35)15-25)31-27-16-30(41-29(27)7-8-38-31)32-28-14-23(18-39-33(28)43-42-32)22-13-26(19-36-17-22)40-34(45)20-5-3-4-6-20/h7-8,11-20,37,41H,3-6,9-10H2,1-2H3,(H,40,45)(H,39,42,43). The number of fused-ring (bicyclic) bond motifs is 2. The maximum absolute atomic E-state index is 14.7. The number of pyridine rings is 3. The van der Waals surface area contributed by atoms with Crippen molar-refractivity contribution in [3.8, 4) is 33.8 Å². The molecule has 7 rings (SSSR count). The number of aromatic nitrogens is 6. The van der Waals surface area contributed by atoms with Crippen LogP contribution in [-0.4, -0.2) is 68.1 Å². The van der Waals surface area contributed by atoms with Gasteiger partial charge in [-0.3, -0.25) is 19.9 Å². The second-order valence-electron chi connectivity index (χ2n) is 11.9. The van der Waals surface area contributed by atoms with Crippen LogP contribution in [0.5, 0.6) is 0 Å². The van der Waals surface area contributed by atoms with Crippen LogP contribution in [0.4, 0.5) is 15.8 Å². The summed E-state index contributed by atoms with van der Waals surface area (Å²) < 4.78 is 14.7. The predicted molar refractivity (Wildman–Crippen MR) is 175 cm³/mol. The van der Waals surface area contributed by atoms with Crippen LogP contribution in [0.15, 0.2) is 67.3 Å². The fraction of sp³-hybridized carbons (Fsp3) is 0.265. The molecule has 11 heteroatoms. The molecule has 0 saturated heterocycles. The molecule has 0 atom stereocenters. The summed E-state index contributed by atoms with van der Waals surface area (Å²) in [6.45, 7) is 1.52. The summed E-state index contributed by atoms with van der Waals surface area (Å²) in [5.41, 5.74) is 7.39. The number of nitrogens with zero attached hydrogens (tertiary/aromatic N) is 5. The fourth-order valence-electron chi connectivity index (χ4n) is 6.03. The van der Waals surface area contributed by atoms with E-state index in [4.69, 9.17) is 0 Å². The number of anilines is 2. The molecule has 5 aromatic heterocycles. The smallest absolute Gasteiger partial charge is 0.227 e. The van der Waals surface area contributed by atoms with E-state index in [1.165, 1.54) is 12.1 Å². The van der Waals surface area contributed by atoms with Gasteiger partial charge in [0.1, 0.15) is 11.5 Å². The van der Waals surface area contributed by atoms with Crippen molar-refractivity contribution in [2.75, 3.05) is 37.8 Å². The van der Waals surface area contributed by atoms with Crippen molar-refractivity contribution in [3.63, 3.8) is 0 Å². The average molecular weight is 604 g/mol. The Morgan fingerprint density at radius 3 is 2.60 bits per heavy atom. The predicted octanol–water partition coefficient (Wildman–Crippen LogP) is 6.47. The maximum Gasteiger partial charge on any atom is 0.227 e. The molecule has 0 aliphatic heterocycles. The van der Waals surface area contributed by atoms with E-state index >= 15 is 0 Å². The van der Waals surface area contributed by atoms with Crippen LogP contribution >= 0.6 is 0 Å². The van der Waals surface area contributed by atoms with Crippen molar-refractivity contribution in [2.45, 2.75) is 25.7 Å². The van der Waals surface area contributed by atoms with Crippen LogP contribution in [0.1, 0.15) is 25.7 Å². The molecule has 1 aliphatic carbocycles. The van der Waals surface area contributed by atoms with Gasteiger partial charge in [0.2, 0.25) is 5.91 Å². The van der Waals surface area contributed by atoms with Crippen molar-refractivity contribution in [1.29, 1.82) is 0 Å². The van der Waals surface area contributed by atoms with E-state index in [-0.39, 0.29) is 17.6 Å². The molecule has 5 heterocycles. The van der Waals surface area contributed by atoms with Gasteiger partial charge in [-0.25, -0.2) is 9.37 Å². The zero-order valence-corrected chi connectivity index (χ0v) is 25.2. The normalized spacial score (nSPS) is 13.7. The highest BCUT2D eigenvalue weighted by atomic mass is 19.1. The molecule has 45 heavy (non-hydrogen) atoms. The summed E-state index contributed by atoms with van der Waals surface area (Å²) in [4.78, 5) is 31.9. The zero-order chi connectivity index (χ0) is 30.9. The molecule has 0 bridgehead atoms. The summed E-state index contributed by atoms with van der Waals surface area (Å²) in [5.74, 6) is -0.206. The number of benzene rings is 1. The molecule has 228 valence electrons. The van der Waals surface area contributed by atoms with Gasteiger partial charge >= 0.3 is 0 Å². The lowest BCUT2D eigenvalue weighted by Gasteiger charge is -2.12. The first-order valence-corrected chi connectivity index (χ1v) is 15.2. The second-order valence-corrected chi connectivity index (χ2v) is 11.9. The molecule has 4 N–H and O–H groups in total. The number of nitrogens with one attached hydrogen (secondary N) is 4. The van der Waals surface area contributed by atoms with Crippen LogP contribution in [0.2, 0.25) is 0 Å². The Morgan fingerprint density at radius 1 is 0.933 bits per heavy atom. The van der Waals surface area contributed by atoms with E-state index < -0.39 is 0 Å². The number of hydrogen-bond donors (Lipinski definition) is 4. The lowest BCUT2D eigenvalue weighted by Crippen LogP contribution is -2.20. The number of H-pyrrole nitrogens is 2. The largest absolute Gasteiger partial charge is 0.384 e. The van der Waals surface area contributed by atoms with Gasteiger partial charge in [0.15, 0.2) is 5.65 Å². The van der Waals surface area contributed by atoms with E-state index in [0.717, 1.165) is 65.3 Å². The summed E-state index contributed by atoms with van der Waals surface area (Å²) in [6, 6.07) is 12.8. The first-order valence-electron chi connectivity index (χ1n) is 15.2. The van der Waals surface area contributed by atoms with E-state index in [1.54, 1.807) is 24.8 Å². The quantitative estimate of drug-likeness (QED) is 0.149. The lowest BCUT2D eigenvalue weighted by molar-refractivity contribution is -0.119. The SMILES string of the molecule is CN(C)CCNc1cc(F)cc(-c2nccc3[nH]c(-c4n[nH]c5ncc(-c6cncc(NC(=O)C7CCCC7)c6)cc45)cc23)c1. The molecule has 1 aromatic carbocycles. The Balaban J connectivity index is 1.20. The van der Waals surface area contributed by atoms with Gasteiger partial charge in [-0.1, -0.05) is 12.8 Å².